The van der Waals surface area contributed by atoms with Crippen LogP contribution in [0.4, 0.5) is 20.4 Å². The molecule has 3 aromatic heterocycles. The minimum atomic E-state index is -0.839. The number of benzene rings is 2. The highest BCUT2D eigenvalue weighted by atomic mass is 19.1. The van der Waals surface area contributed by atoms with Gasteiger partial charge in [-0.05, 0) is 32.3 Å². The molecule has 0 radical (unpaired) electrons. The number of halogens is 2. The van der Waals surface area contributed by atoms with E-state index in [4.69, 9.17) is 9.97 Å². The topological polar surface area (TPSA) is 102 Å². The van der Waals surface area contributed by atoms with Gasteiger partial charge in [-0.1, -0.05) is 18.2 Å². The largest absolute Gasteiger partial charge is 0.508 e. The smallest absolute Gasteiger partial charge is 0.182 e. The molecule has 0 aliphatic heterocycles. The van der Waals surface area contributed by atoms with Gasteiger partial charge in [-0.2, -0.15) is 5.10 Å². The molecule has 0 bridgehead atoms. The fourth-order valence-corrected chi connectivity index (χ4v) is 4.59. The Morgan fingerprint density at radius 2 is 1.83 bits per heavy atom. The molecule has 0 saturated heterocycles. The van der Waals surface area contributed by atoms with E-state index in [1.54, 1.807) is 0 Å². The summed E-state index contributed by atoms with van der Waals surface area (Å²) in [7, 11) is 0. The number of rotatable bonds is 5. The minimum absolute atomic E-state index is 0.158. The van der Waals surface area contributed by atoms with E-state index >= 15 is 0 Å². The third-order valence-electron chi connectivity index (χ3n) is 6.29. The van der Waals surface area contributed by atoms with E-state index in [0.717, 1.165) is 53.7 Å². The number of aryl methyl sites for hydroxylation is 2. The number of phenolic OH excluding ortho intramolecular Hbond substituents is 1. The number of fused-ring (bicyclic) bond motifs is 2. The number of aromatic hydroxyl groups is 1. The van der Waals surface area contributed by atoms with E-state index in [1.807, 2.05) is 37.3 Å². The van der Waals surface area contributed by atoms with Crippen molar-refractivity contribution in [3.8, 4) is 17.3 Å². The Balaban J connectivity index is 1.47. The van der Waals surface area contributed by atoms with Crippen molar-refractivity contribution in [2.45, 2.75) is 32.7 Å². The summed E-state index contributed by atoms with van der Waals surface area (Å²) in [5.41, 5.74) is 3.83. The number of anilines is 2. The second-order valence-electron chi connectivity index (χ2n) is 8.76. The number of nitrogens with zero attached hydrogens (tertiary/aromatic N) is 6. The summed E-state index contributed by atoms with van der Waals surface area (Å²) >= 11 is 0. The summed E-state index contributed by atoms with van der Waals surface area (Å²) in [6, 6.07) is 11.0. The molecule has 1 aliphatic rings. The molecule has 8 nitrogen and oxygen atoms in total. The molecule has 36 heavy (non-hydrogen) atoms. The average Bonchev–Trinajstić information content (AvgIpc) is 3.46. The first-order chi connectivity index (χ1) is 17.5. The van der Waals surface area contributed by atoms with Crippen molar-refractivity contribution in [2.75, 3.05) is 5.32 Å². The minimum Gasteiger partial charge on any atom is -0.508 e. The number of hydrogen-bond acceptors (Lipinski definition) is 7. The summed E-state index contributed by atoms with van der Waals surface area (Å²) in [5.74, 6) is -0.423. The average molecular weight is 485 g/mol. The molecule has 5 aromatic rings. The third-order valence-corrected chi connectivity index (χ3v) is 6.29. The lowest BCUT2D eigenvalue weighted by Gasteiger charge is -2.11. The van der Waals surface area contributed by atoms with Gasteiger partial charge in [0.15, 0.2) is 5.82 Å². The van der Waals surface area contributed by atoms with Gasteiger partial charge in [-0.3, -0.25) is 4.68 Å². The third kappa shape index (κ3) is 3.90. The van der Waals surface area contributed by atoms with Crippen LogP contribution in [0.1, 0.15) is 28.9 Å². The number of hydrogen-bond donors (Lipinski definition) is 2. The molecule has 0 saturated carbocycles. The summed E-state index contributed by atoms with van der Waals surface area (Å²) in [6.45, 7) is 1.73. The monoisotopic (exact) mass is 485 g/mol. The maximum absolute atomic E-state index is 14.5. The maximum atomic E-state index is 14.5. The molecule has 0 fully saturated rings. The van der Waals surface area contributed by atoms with Crippen LogP contribution in [0.15, 0.2) is 48.8 Å². The predicted molar refractivity (Wildman–Crippen MR) is 130 cm³/mol. The van der Waals surface area contributed by atoms with Gasteiger partial charge in [-0.15, -0.1) is 0 Å². The molecule has 0 spiro atoms. The number of para-hydroxylation sites is 1. The van der Waals surface area contributed by atoms with Crippen molar-refractivity contribution in [2.24, 2.45) is 0 Å². The van der Waals surface area contributed by atoms with Crippen LogP contribution >= 0.6 is 0 Å². The second kappa shape index (κ2) is 8.63. The fraction of sp³-hybridized carbons (Fsp3) is 0.192. The molecule has 2 N–H and O–H groups in total. The number of aromatic nitrogens is 6. The van der Waals surface area contributed by atoms with Crippen LogP contribution in [0.3, 0.4) is 0 Å². The van der Waals surface area contributed by atoms with Crippen molar-refractivity contribution in [3.05, 3.63) is 82.9 Å². The zero-order valence-corrected chi connectivity index (χ0v) is 19.3. The molecule has 2 aromatic carbocycles. The van der Waals surface area contributed by atoms with E-state index in [-0.39, 0.29) is 12.1 Å². The van der Waals surface area contributed by atoms with E-state index in [1.165, 1.54) is 11.0 Å². The Bertz CT molecular complexity index is 1610. The summed E-state index contributed by atoms with van der Waals surface area (Å²) in [4.78, 5) is 18.1. The number of nitrogens with one attached hydrogen (secondary N) is 1. The Morgan fingerprint density at radius 1 is 1.03 bits per heavy atom. The van der Waals surface area contributed by atoms with E-state index < -0.39 is 17.4 Å². The number of phenols is 1. The van der Waals surface area contributed by atoms with Crippen LogP contribution in [0, 0.1) is 18.6 Å². The summed E-state index contributed by atoms with van der Waals surface area (Å²) in [6.07, 6.45) is 4.15. The highest BCUT2D eigenvalue weighted by molar-refractivity contribution is 5.92. The molecule has 3 heterocycles. The van der Waals surface area contributed by atoms with Gasteiger partial charge in [0, 0.05) is 46.1 Å². The van der Waals surface area contributed by atoms with Crippen molar-refractivity contribution in [3.63, 3.8) is 0 Å². The molecule has 0 unspecified atom stereocenters. The Labute approximate surface area is 204 Å². The lowest BCUT2D eigenvalue weighted by molar-refractivity contribution is 0.454. The lowest BCUT2D eigenvalue weighted by atomic mass is 10.1. The van der Waals surface area contributed by atoms with Crippen molar-refractivity contribution in [1.29, 1.82) is 0 Å². The van der Waals surface area contributed by atoms with Gasteiger partial charge in [0.25, 0.3) is 0 Å². The molecule has 6 rings (SSSR count). The van der Waals surface area contributed by atoms with Crippen molar-refractivity contribution >= 4 is 22.5 Å². The molecule has 180 valence electrons. The van der Waals surface area contributed by atoms with Gasteiger partial charge in [0.2, 0.25) is 0 Å². The maximum Gasteiger partial charge on any atom is 0.182 e. The molecular weight excluding hydrogens is 464 g/mol. The van der Waals surface area contributed by atoms with Gasteiger partial charge >= 0.3 is 0 Å². The first kappa shape index (κ1) is 22.0. The van der Waals surface area contributed by atoms with Crippen LogP contribution in [0.25, 0.3) is 22.4 Å². The predicted octanol–water partition coefficient (Wildman–Crippen LogP) is 4.86. The quantitative estimate of drug-likeness (QED) is 0.367. The standard InChI is InChI=1S/C26H21F2N7O/c1-14-9-23(30-13-29-14)32-25-16-6-4-7-21(16)31-26(33-25)24-17-5-2-3-8-22(17)35(34-24)12-18-19(27)10-15(36)11-20(18)28/h2-3,5,8-11,13,36H,4,6-7,12H2,1H3,(H,29,30,31,32,33). The second-order valence-corrected chi connectivity index (χ2v) is 8.76. The van der Waals surface area contributed by atoms with Crippen molar-refractivity contribution in [1.82, 2.24) is 29.7 Å². The Kier molecular flexibility index (Phi) is 5.28. The Hall–Kier alpha value is -4.47. The zero-order valence-electron chi connectivity index (χ0n) is 19.3. The van der Waals surface area contributed by atoms with Crippen LogP contribution in [-0.4, -0.2) is 34.8 Å². The van der Waals surface area contributed by atoms with Crippen LogP contribution in [-0.2, 0) is 19.4 Å². The molecule has 10 heteroatoms. The van der Waals surface area contributed by atoms with Crippen LogP contribution in [0.2, 0.25) is 0 Å². The van der Waals surface area contributed by atoms with Crippen LogP contribution in [0.5, 0.6) is 5.75 Å². The highest BCUT2D eigenvalue weighted by Gasteiger charge is 2.24. The van der Waals surface area contributed by atoms with Gasteiger partial charge in [0.05, 0.1) is 12.1 Å². The molecular formula is C26H21F2N7O. The molecule has 1 aliphatic carbocycles. The van der Waals surface area contributed by atoms with E-state index in [9.17, 15) is 13.9 Å². The van der Waals surface area contributed by atoms with E-state index in [0.29, 0.717) is 28.7 Å². The molecule has 0 atom stereocenters. The fourth-order valence-electron chi connectivity index (χ4n) is 4.59. The summed E-state index contributed by atoms with van der Waals surface area (Å²) in [5, 5.41) is 18.3. The Morgan fingerprint density at radius 3 is 2.64 bits per heavy atom. The van der Waals surface area contributed by atoms with E-state index in [2.05, 4.69) is 20.4 Å². The van der Waals surface area contributed by atoms with Gasteiger partial charge in [0.1, 0.15) is 41.0 Å². The van der Waals surface area contributed by atoms with Gasteiger partial charge < -0.3 is 10.4 Å². The zero-order chi connectivity index (χ0) is 24.8. The highest BCUT2D eigenvalue weighted by Crippen LogP contribution is 2.33. The normalized spacial score (nSPS) is 12.8. The summed E-state index contributed by atoms with van der Waals surface area (Å²) < 4.78 is 30.5. The van der Waals surface area contributed by atoms with Crippen LogP contribution < -0.4 is 5.32 Å². The van der Waals surface area contributed by atoms with Crippen molar-refractivity contribution < 1.29 is 13.9 Å². The molecule has 0 amide bonds. The van der Waals surface area contributed by atoms with Gasteiger partial charge in [-0.25, -0.2) is 28.7 Å². The first-order valence-corrected chi connectivity index (χ1v) is 11.5. The first-order valence-electron chi connectivity index (χ1n) is 11.5. The SMILES string of the molecule is Cc1cc(Nc2nc(-c3nn(Cc4c(F)cc(O)cc4F)c4ccccc34)nc3c2CCC3)ncn1. The lowest BCUT2D eigenvalue weighted by Crippen LogP contribution is -2.07.